The standard InChI is InChI=1S/C36H50O2/c1-25(2)11-7-13-27(5)15-9-17-29-19-21-31-33(23-29)36(38)34-24-30(20-22-32(34)35(31)37)18-10-16-28(6)14-8-12-26(3)4/h11,16,19-24,26-27,37-38H,7-10,12-15,17-18H2,1-6H3/b28-16+. The lowest BCUT2D eigenvalue weighted by Gasteiger charge is -2.13. The number of fused-ring (bicyclic) bond motifs is 2. The third-order valence-electron chi connectivity index (χ3n) is 7.84. The minimum Gasteiger partial charge on any atom is -0.507 e. The Kier molecular flexibility index (Phi) is 11.3. The summed E-state index contributed by atoms with van der Waals surface area (Å²) in [6.07, 6.45) is 16.1. The van der Waals surface area contributed by atoms with Crippen molar-refractivity contribution >= 4 is 21.5 Å². The van der Waals surface area contributed by atoms with Gasteiger partial charge in [-0.15, -0.1) is 0 Å². The average molecular weight is 515 g/mol. The molecule has 0 heterocycles. The number of phenols is 2. The molecule has 2 heteroatoms. The zero-order valence-electron chi connectivity index (χ0n) is 24.7. The Balaban J connectivity index is 1.69. The summed E-state index contributed by atoms with van der Waals surface area (Å²) >= 11 is 0. The van der Waals surface area contributed by atoms with Gasteiger partial charge in [0.25, 0.3) is 0 Å². The first-order chi connectivity index (χ1) is 18.2. The van der Waals surface area contributed by atoms with E-state index in [2.05, 4.69) is 78.0 Å². The van der Waals surface area contributed by atoms with E-state index < -0.39 is 0 Å². The molecule has 0 fully saturated rings. The number of aromatic hydroxyl groups is 2. The van der Waals surface area contributed by atoms with Crippen LogP contribution in [0.1, 0.15) is 104 Å². The Bertz CT molecular complexity index is 1260. The second-order valence-electron chi connectivity index (χ2n) is 12.2. The molecule has 38 heavy (non-hydrogen) atoms. The fraction of sp³-hybridized carbons (Fsp3) is 0.500. The largest absolute Gasteiger partial charge is 0.507 e. The van der Waals surface area contributed by atoms with E-state index in [0.717, 1.165) is 59.6 Å². The van der Waals surface area contributed by atoms with Crippen molar-refractivity contribution in [1.82, 2.24) is 0 Å². The second kappa shape index (κ2) is 14.4. The Morgan fingerprint density at radius 3 is 1.89 bits per heavy atom. The van der Waals surface area contributed by atoms with Crippen LogP contribution in [0.5, 0.6) is 11.5 Å². The van der Waals surface area contributed by atoms with Crippen LogP contribution in [0.15, 0.2) is 59.7 Å². The highest BCUT2D eigenvalue weighted by molar-refractivity contribution is 6.10. The van der Waals surface area contributed by atoms with Crippen molar-refractivity contribution in [1.29, 1.82) is 0 Å². The van der Waals surface area contributed by atoms with Gasteiger partial charge in [0, 0.05) is 21.5 Å². The topological polar surface area (TPSA) is 40.5 Å². The van der Waals surface area contributed by atoms with Crippen molar-refractivity contribution in [2.75, 3.05) is 0 Å². The van der Waals surface area contributed by atoms with Gasteiger partial charge in [0.2, 0.25) is 0 Å². The van der Waals surface area contributed by atoms with Gasteiger partial charge in [0.15, 0.2) is 0 Å². The van der Waals surface area contributed by atoms with Gasteiger partial charge in [-0.2, -0.15) is 0 Å². The molecule has 0 radical (unpaired) electrons. The molecular formula is C36H50O2. The molecule has 3 aromatic rings. The highest BCUT2D eigenvalue weighted by Gasteiger charge is 2.14. The zero-order valence-corrected chi connectivity index (χ0v) is 24.7. The number of hydrogen-bond donors (Lipinski definition) is 2. The van der Waals surface area contributed by atoms with Gasteiger partial charge in [-0.25, -0.2) is 0 Å². The summed E-state index contributed by atoms with van der Waals surface area (Å²) in [7, 11) is 0. The molecule has 0 saturated carbocycles. The minimum absolute atomic E-state index is 0.264. The van der Waals surface area contributed by atoms with Crippen LogP contribution in [-0.4, -0.2) is 10.2 Å². The first kappa shape index (κ1) is 29.8. The van der Waals surface area contributed by atoms with Crippen molar-refractivity contribution in [3.63, 3.8) is 0 Å². The molecule has 2 N–H and O–H groups in total. The maximum atomic E-state index is 11.3. The van der Waals surface area contributed by atoms with Crippen LogP contribution in [0, 0.1) is 11.8 Å². The van der Waals surface area contributed by atoms with E-state index in [1.807, 2.05) is 12.1 Å². The first-order valence-corrected chi connectivity index (χ1v) is 14.8. The lowest BCUT2D eigenvalue weighted by molar-refractivity contribution is 0.477. The summed E-state index contributed by atoms with van der Waals surface area (Å²) in [5, 5.41) is 25.2. The minimum atomic E-state index is 0.264. The Morgan fingerprint density at radius 1 is 0.684 bits per heavy atom. The lowest BCUT2D eigenvalue weighted by atomic mass is 9.94. The van der Waals surface area contributed by atoms with Crippen molar-refractivity contribution in [3.8, 4) is 11.5 Å². The molecule has 3 aromatic carbocycles. The predicted octanol–water partition coefficient (Wildman–Crippen LogP) is 10.8. The molecule has 0 aliphatic heterocycles. The first-order valence-electron chi connectivity index (χ1n) is 14.8. The number of benzene rings is 3. The number of rotatable bonds is 14. The highest BCUT2D eigenvalue weighted by atomic mass is 16.3. The van der Waals surface area contributed by atoms with E-state index in [4.69, 9.17) is 0 Å². The van der Waals surface area contributed by atoms with Gasteiger partial charge in [-0.1, -0.05) is 81.2 Å². The van der Waals surface area contributed by atoms with Gasteiger partial charge in [-0.3, -0.25) is 0 Å². The van der Waals surface area contributed by atoms with Crippen LogP contribution in [-0.2, 0) is 12.8 Å². The summed E-state index contributed by atoms with van der Waals surface area (Å²) in [6, 6.07) is 12.3. The van der Waals surface area contributed by atoms with Crippen LogP contribution in [0.4, 0.5) is 0 Å². The number of aryl methyl sites for hydroxylation is 2. The van der Waals surface area contributed by atoms with Gasteiger partial charge in [0.05, 0.1) is 0 Å². The molecule has 0 aromatic heterocycles. The van der Waals surface area contributed by atoms with Crippen LogP contribution in [0.2, 0.25) is 0 Å². The summed E-state index contributed by atoms with van der Waals surface area (Å²) in [5.41, 5.74) is 5.27. The molecule has 0 aliphatic carbocycles. The number of phenolic OH excluding ortho intramolecular Hbond substituents is 2. The molecule has 0 aliphatic rings. The molecule has 0 saturated heterocycles. The average Bonchev–Trinajstić information content (AvgIpc) is 2.86. The van der Waals surface area contributed by atoms with E-state index in [9.17, 15) is 10.2 Å². The normalized spacial score (nSPS) is 13.0. The maximum absolute atomic E-state index is 11.3. The summed E-state index contributed by atoms with van der Waals surface area (Å²) in [4.78, 5) is 0. The summed E-state index contributed by atoms with van der Waals surface area (Å²) < 4.78 is 0. The van der Waals surface area contributed by atoms with E-state index in [1.54, 1.807) is 0 Å². The lowest BCUT2D eigenvalue weighted by Crippen LogP contribution is -1.96. The summed E-state index contributed by atoms with van der Waals surface area (Å²) in [6.45, 7) is 13.5. The zero-order chi connectivity index (χ0) is 27.7. The van der Waals surface area contributed by atoms with Gasteiger partial charge < -0.3 is 10.2 Å². The molecule has 206 valence electrons. The van der Waals surface area contributed by atoms with E-state index >= 15 is 0 Å². The van der Waals surface area contributed by atoms with E-state index in [1.165, 1.54) is 54.4 Å². The van der Waals surface area contributed by atoms with Crippen LogP contribution >= 0.6 is 0 Å². The van der Waals surface area contributed by atoms with Crippen molar-refractivity contribution in [2.24, 2.45) is 11.8 Å². The SMILES string of the molecule is CC(C)=CCCC(C)CCCc1ccc2c(O)c3ccc(CC/C=C(\C)CCCC(C)C)cc3c(O)c2c1. The van der Waals surface area contributed by atoms with Crippen LogP contribution < -0.4 is 0 Å². The highest BCUT2D eigenvalue weighted by Crippen LogP contribution is 2.42. The number of allylic oxidation sites excluding steroid dienone is 4. The second-order valence-corrected chi connectivity index (χ2v) is 12.2. The molecule has 0 amide bonds. The number of hydrogen-bond acceptors (Lipinski definition) is 2. The Morgan fingerprint density at radius 2 is 1.29 bits per heavy atom. The van der Waals surface area contributed by atoms with E-state index in [-0.39, 0.29) is 11.5 Å². The Hall–Kier alpha value is -2.74. The molecule has 0 spiro atoms. The van der Waals surface area contributed by atoms with Crippen molar-refractivity contribution in [3.05, 3.63) is 70.8 Å². The van der Waals surface area contributed by atoms with E-state index in [0.29, 0.717) is 5.92 Å². The van der Waals surface area contributed by atoms with Gasteiger partial charge in [-0.05, 0) is 107 Å². The fourth-order valence-electron chi connectivity index (χ4n) is 5.42. The molecule has 3 rings (SSSR count). The van der Waals surface area contributed by atoms with Crippen molar-refractivity contribution in [2.45, 2.75) is 106 Å². The molecule has 2 nitrogen and oxygen atoms in total. The molecule has 1 unspecified atom stereocenters. The summed E-state index contributed by atoms with van der Waals surface area (Å²) in [5.74, 6) is 2.03. The Labute approximate surface area is 231 Å². The molecule has 1 atom stereocenters. The third kappa shape index (κ3) is 8.65. The quantitative estimate of drug-likeness (QED) is 0.128. The van der Waals surface area contributed by atoms with Crippen molar-refractivity contribution < 1.29 is 10.2 Å². The van der Waals surface area contributed by atoms with Gasteiger partial charge in [0.1, 0.15) is 11.5 Å². The van der Waals surface area contributed by atoms with Gasteiger partial charge >= 0.3 is 0 Å². The maximum Gasteiger partial charge on any atom is 0.131 e. The molecule has 0 bridgehead atoms. The van der Waals surface area contributed by atoms with Crippen LogP contribution in [0.3, 0.4) is 0 Å². The fourth-order valence-corrected chi connectivity index (χ4v) is 5.42. The van der Waals surface area contributed by atoms with Crippen LogP contribution in [0.25, 0.3) is 21.5 Å². The molecular weight excluding hydrogens is 464 g/mol. The predicted molar refractivity (Wildman–Crippen MR) is 166 cm³/mol. The smallest absolute Gasteiger partial charge is 0.131 e. The third-order valence-corrected chi connectivity index (χ3v) is 7.84. The monoisotopic (exact) mass is 514 g/mol.